The van der Waals surface area contributed by atoms with Crippen LogP contribution in [0.1, 0.15) is 75.7 Å². The van der Waals surface area contributed by atoms with Gasteiger partial charge < -0.3 is 0 Å². The molecule has 0 heterocycles. The molecule has 0 bridgehead atoms. The molecule has 0 saturated carbocycles. The minimum atomic E-state index is -1.14. The molecule has 0 radical (unpaired) electrons. The fraction of sp³-hybridized carbons (Fsp3) is 0.216. The van der Waals surface area contributed by atoms with E-state index in [0.717, 1.165) is 19.3 Å². The van der Waals surface area contributed by atoms with Crippen LogP contribution < -0.4 is 0 Å². The average molecular weight is 571 g/mol. The molecular formula is C37H35Zr. The van der Waals surface area contributed by atoms with Gasteiger partial charge in [-0.25, -0.2) is 0 Å². The molecule has 0 aromatic heterocycles. The first-order chi connectivity index (χ1) is 18.8. The van der Waals surface area contributed by atoms with Gasteiger partial charge in [0.1, 0.15) is 0 Å². The minimum absolute atomic E-state index is 0.504. The summed E-state index contributed by atoms with van der Waals surface area (Å²) in [5, 5.41) is 0. The number of hydrogen-bond acceptors (Lipinski definition) is 0. The molecule has 0 nitrogen and oxygen atoms in total. The van der Waals surface area contributed by atoms with Crippen LogP contribution in [0.25, 0.3) is 16.7 Å². The Kier molecular flexibility index (Phi) is 7.66. The second-order valence-corrected chi connectivity index (χ2v) is 13.8. The Hall–Kier alpha value is -2.89. The predicted molar refractivity (Wildman–Crippen MR) is 160 cm³/mol. The summed E-state index contributed by atoms with van der Waals surface area (Å²) in [6.45, 7) is 4.63. The molecule has 0 spiro atoms. The summed E-state index contributed by atoms with van der Waals surface area (Å²) >= 11 is -1.14. The molecule has 0 fully saturated rings. The van der Waals surface area contributed by atoms with Crippen LogP contribution in [0.3, 0.4) is 0 Å². The number of benzene rings is 4. The average Bonchev–Trinajstić information content (AvgIpc) is 3.60. The molecule has 2 aliphatic carbocycles. The van der Waals surface area contributed by atoms with Gasteiger partial charge in [-0.2, -0.15) is 0 Å². The van der Waals surface area contributed by atoms with Gasteiger partial charge in [0.15, 0.2) is 0 Å². The number of fused-ring (bicyclic) bond motifs is 3. The van der Waals surface area contributed by atoms with E-state index in [1.165, 1.54) is 46.2 Å². The van der Waals surface area contributed by atoms with Crippen molar-refractivity contribution in [2.24, 2.45) is 0 Å². The molecule has 1 unspecified atom stereocenters. The second-order valence-electron chi connectivity index (χ2n) is 10.5. The van der Waals surface area contributed by atoms with Crippen LogP contribution in [0.5, 0.6) is 0 Å². The SMILES string of the molecule is CCCc1ccc2c(c1C1=CC=CC1)[CH]([Zr]=[C](c1ccccc1)c1ccccc1)c1cccc(CCC)c1-2. The maximum absolute atomic E-state index is 2.48. The monoisotopic (exact) mass is 569 g/mol. The molecule has 0 amide bonds. The van der Waals surface area contributed by atoms with Gasteiger partial charge in [-0.3, -0.25) is 0 Å². The fourth-order valence-electron chi connectivity index (χ4n) is 6.33. The molecule has 0 N–H and O–H groups in total. The third-order valence-electron chi connectivity index (χ3n) is 7.93. The zero-order valence-electron chi connectivity index (χ0n) is 22.5. The zero-order valence-corrected chi connectivity index (χ0v) is 25.0. The van der Waals surface area contributed by atoms with Gasteiger partial charge >= 0.3 is 240 Å². The Morgan fingerprint density at radius 2 is 1.37 bits per heavy atom. The van der Waals surface area contributed by atoms with Crippen LogP contribution in [-0.4, -0.2) is 3.21 Å². The van der Waals surface area contributed by atoms with Crippen molar-refractivity contribution in [2.45, 2.75) is 49.6 Å². The molecule has 1 heteroatoms. The first-order valence-electron chi connectivity index (χ1n) is 14.2. The third kappa shape index (κ3) is 4.71. The fourth-order valence-corrected chi connectivity index (χ4v) is 10.7. The van der Waals surface area contributed by atoms with Gasteiger partial charge in [0.25, 0.3) is 0 Å². The Balaban J connectivity index is 1.66. The van der Waals surface area contributed by atoms with Crippen molar-refractivity contribution in [1.29, 1.82) is 0 Å². The zero-order chi connectivity index (χ0) is 25.9. The van der Waals surface area contributed by atoms with E-state index in [0.29, 0.717) is 3.63 Å². The summed E-state index contributed by atoms with van der Waals surface area (Å²) < 4.78 is 2.11. The topological polar surface area (TPSA) is 0 Å². The summed E-state index contributed by atoms with van der Waals surface area (Å²) in [7, 11) is 0. The van der Waals surface area contributed by atoms with Crippen molar-refractivity contribution in [3.05, 3.63) is 148 Å². The molecular weight excluding hydrogens is 536 g/mol. The summed E-state index contributed by atoms with van der Waals surface area (Å²) in [5.41, 5.74) is 15.2. The van der Waals surface area contributed by atoms with E-state index >= 15 is 0 Å². The van der Waals surface area contributed by atoms with Crippen molar-refractivity contribution in [2.75, 3.05) is 0 Å². The molecule has 4 aromatic rings. The molecule has 187 valence electrons. The van der Waals surface area contributed by atoms with Gasteiger partial charge in [0, 0.05) is 0 Å². The van der Waals surface area contributed by atoms with Crippen molar-refractivity contribution < 1.29 is 22.8 Å². The Morgan fingerprint density at radius 1 is 0.711 bits per heavy atom. The van der Waals surface area contributed by atoms with E-state index in [9.17, 15) is 0 Å². The summed E-state index contributed by atoms with van der Waals surface area (Å²) in [4.78, 5) is 0. The normalized spacial score (nSPS) is 15.1. The van der Waals surface area contributed by atoms with E-state index in [1.54, 1.807) is 25.5 Å². The predicted octanol–water partition coefficient (Wildman–Crippen LogP) is 9.36. The van der Waals surface area contributed by atoms with Crippen molar-refractivity contribution >= 4 is 8.78 Å². The standard InChI is InChI=1S/C24H25.C13H10.Zr/c1-3-8-17-12-7-13-20-16-22-21(24(17)20)15-14-18(9-4-2)23(22)19-10-5-6-11-19;1-3-7-12(8-4-1)11-13-9-5-2-6-10-13;/h5-7,10,12-16H,3-4,8-9,11H2,1-2H3;1-10H;. The first kappa shape index (κ1) is 25.4. The van der Waals surface area contributed by atoms with Crippen LogP contribution in [0.4, 0.5) is 0 Å². The maximum atomic E-state index is 2.48. The second kappa shape index (κ2) is 11.5. The summed E-state index contributed by atoms with van der Waals surface area (Å²) in [6, 6.07) is 34.5. The Bertz CT molecular complexity index is 1500. The first-order valence-corrected chi connectivity index (χ1v) is 16.8. The van der Waals surface area contributed by atoms with Crippen LogP contribution in [0, 0.1) is 0 Å². The summed E-state index contributed by atoms with van der Waals surface area (Å²) in [5.74, 6) is 0. The molecule has 1 atom stereocenters. The van der Waals surface area contributed by atoms with E-state index in [4.69, 9.17) is 0 Å². The van der Waals surface area contributed by atoms with Crippen molar-refractivity contribution in [3.8, 4) is 11.1 Å². The Morgan fingerprint density at radius 3 is 1.97 bits per heavy atom. The van der Waals surface area contributed by atoms with Gasteiger partial charge in [-0.05, 0) is 0 Å². The molecule has 0 saturated heterocycles. The van der Waals surface area contributed by atoms with Crippen LogP contribution in [0.15, 0.2) is 109 Å². The third-order valence-corrected chi connectivity index (χ3v) is 12.2. The van der Waals surface area contributed by atoms with Gasteiger partial charge in [-0.1, -0.05) is 0 Å². The molecule has 38 heavy (non-hydrogen) atoms. The van der Waals surface area contributed by atoms with Gasteiger partial charge in [0.2, 0.25) is 0 Å². The van der Waals surface area contributed by atoms with E-state index in [-0.39, 0.29) is 0 Å². The number of aryl methyl sites for hydroxylation is 2. The Labute approximate surface area is 239 Å². The molecule has 4 aromatic carbocycles. The number of rotatable bonds is 8. The van der Waals surface area contributed by atoms with E-state index in [2.05, 4.69) is 123 Å². The van der Waals surface area contributed by atoms with Crippen LogP contribution in [0.2, 0.25) is 0 Å². The molecule has 2 aliphatic rings. The van der Waals surface area contributed by atoms with Crippen LogP contribution >= 0.6 is 0 Å². The van der Waals surface area contributed by atoms with Crippen molar-refractivity contribution in [1.82, 2.24) is 0 Å². The van der Waals surface area contributed by atoms with E-state index < -0.39 is 22.8 Å². The molecule has 6 rings (SSSR count). The van der Waals surface area contributed by atoms with E-state index in [1.807, 2.05) is 0 Å². The van der Waals surface area contributed by atoms with Gasteiger partial charge in [0.05, 0.1) is 0 Å². The van der Waals surface area contributed by atoms with Gasteiger partial charge in [-0.15, -0.1) is 0 Å². The molecule has 0 aliphatic heterocycles. The number of hydrogen-bond donors (Lipinski definition) is 0. The van der Waals surface area contributed by atoms with Crippen molar-refractivity contribution in [3.63, 3.8) is 0 Å². The number of allylic oxidation sites excluding steroid dienone is 4. The quantitative estimate of drug-likeness (QED) is 0.198. The van der Waals surface area contributed by atoms with Crippen LogP contribution in [-0.2, 0) is 35.6 Å². The summed E-state index contributed by atoms with van der Waals surface area (Å²) in [6.07, 6.45) is 12.7.